The average molecular weight is 363 g/mol. The van der Waals surface area contributed by atoms with Gasteiger partial charge in [-0.1, -0.05) is 44.2 Å². The van der Waals surface area contributed by atoms with Gasteiger partial charge in [-0.25, -0.2) is 4.79 Å². The molecule has 3 nitrogen and oxygen atoms in total. The summed E-state index contributed by atoms with van der Waals surface area (Å²) >= 11 is 0. The average Bonchev–Trinajstić information content (AvgIpc) is 2.56. The second kappa shape index (κ2) is 6.34. The van der Waals surface area contributed by atoms with Crippen LogP contribution in [-0.2, 0) is 12.6 Å². The van der Waals surface area contributed by atoms with Crippen molar-refractivity contribution >= 4 is 6.09 Å². The molecule has 0 radical (unpaired) electrons. The summed E-state index contributed by atoms with van der Waals surface area (Å²) in [5.74, 6) is 0. The fourth-order valence-electron chi connectivity index (χ4n) is 3.55. The Morgan fingerprint density at radius 1 is 1.12 bits per heavy atom. The predicted octanol–water partition coefficient (Wildman–Crippen LogP) is 5.65. The van der Waals surface area contributed by atoms with E-state index in [9.17, 15) is 18.0 Å². The maximum Gasteiger partial charge on any atom is 0.416 e. The van der Waals surface area contributed by atoms with E-state index >= 15 is 0 Å². The third-order valence-electron chi connectivity index (χ3n) is 5.09. The Hall–Kier alpha value is -2.50. The number of hydrogen-bond acceptors (Lipinski definition) is 1. The first kappa shape index (κ1) is 18.3. The highest BCUT2D eigenvalue weighted by atomic mass is 19.4. The van der Waals surface area contributed by atoms with Crippen LogP contribution in [0.5, 0.6) is 0 Å². The van der Waals surface area contributed by atoms with E-state index in [0.29, 0.717) is 5.56 Å². The van der Waals surface area contributed by atoms with Crippen LogP contribution in [0.2, 0.25) is 0 Å². The molecule has 1 aliphatic rings. The Morgan fingerprint density at radius 2 is 1.73 bits per heavy atom. The smallest absolute Gasteiger partial charge is 0.416 e. The third-order valence-corrected chi connectivity index (χ3v) is 5.09. The van der Waals surface area contributed by atoms with Gasteiger partial charge in [0.1, 0.15) is 0 Å². The van der Waals surface area contributed by atoms with Gasteiger partial charge in [0.05, 0.1) is 11.6 Å². The molecule has 3 rings (SSSR count). The second-order valence-corrected chi connectivity index (χ2v) is 7.36. The molecule has 2 aromatic rings. The highest BCUT2D eigenvalue weighted by Crippen LogP contribution is 2.44. The fraction of sp³-hybridized carbons (Fsp3) is 0.350. The van der Waals surface area contributed by atoms with Crippen LogP contribution in [0.1, 0.15) is 43.0 Å². The van der Waals surface area contributed by atoms with Crippen LogP contribution in [0.3, 0.4) is 0 Å². The van der Waals surface area contributed by atoms with E-state index in [1.165, 1.54) is 12.1 Å². The zero-order valence-corrected chi connectivity index (χ0v) is 14.5. The number of aryl methyl sites for hydroxylation is 1. The molecule has 2 N–H and O–H groups in total. The summed E-state index contributed by atoms with van der Waals surface area (Å²) in [5, 5.41) is 11.7. The van der Waals surface area contributed by atoms with Gasteiger partial charge in [-0.05, 0) is 52.6 Å². The van der Waals surface area contributed by atoms with Gasteiger partial charge in [0.2, 0.25) is 0 Å². The van der Waals surface area contributed by atoms with E-state index in [4.69, 9.17) is 5.11 Å². The SMILES string of the molecule is CC1(C)CCc2cc(-c3ccc(C(F)(F)F)cc3)ccc2C1NC(=O)O. The summed E-state index contributed by atoms with van der Waals surface area (Å²) in [6.45, 7) is 4.06. The standard InChI is InChI=1S/C20H20F3NO2/c1-19(2)10-9-14-11-13(5-8-16(14)17(19)24-18(25)26)12-3-6-15(7-4-12)20(21,22)23/h3-8,11,17,24H,9-10H2,1-2H3,(H,25,26). The topological polar surface area (TPSA) is 49.3 Å². The van der Waals surface area contributed by atoms with Crippen molar-refractivity contribution < 1.29 is 23.1 Å². The van der Waals surface area contributed by atoms with Crippen LogP contribution in [0, 0.1) is 5.41 Å². The zero-order chi connectivity index (χ0) is 19.1. The molecule has 6 heteroatoms. The van der Waals surface area contributed by atoms with Gasteiger partial charge < -0.3 is 10.4 Å². The van der Waals surface area contributed by atoms with Crippen molar-refractivity contribution in [2.45, 2.75) is 38.9 Å². The molecular formula is C20H20F3NO2. The van der Waals surface area contributed by atoms with E-state index < -0.39 is 17.8 Å². The summed E-state index contributed by atoms with van der Waals surface area (Å²) < 4.78 is 38.1. The molecule has 1 amide bonds. The molecule has 138 valence electrons. The number of hydrogen-bond donors (Lipinski definition) is 2. The van der Waals surface area contributed by atoms with Gasteiger partial charge in [-0.3, -0.25) is 0 Å². The Kier molecular flexibility index (Phi) is 4.46. The first-order valence-corrected chi connectivity index (χ1v) is 8.38. The summed E-state index contributed by atoms with van der Waals surface area (Å²) in [6.07, 6.45) is -3.80. The molecule has 0 spiro atoms. The molecule has 0 bridgehead atoms. The molecule has 1 aliphatic carbocycles. The van der Waals surface area contributed by atoms with Crippen molar-refractivity contribution in [3.63, 3.8) is 0 Å². The molecule has 0 fully saturated rings. The van der Waals surface area contributed by atoms with Crippen LogP contribution >= 0.6 is 0 Å². The normalized spacial score (nSPS) is 18.9. The summed E-state index contributed by atoms with van der Waals surface area (Å²) in [4.78, 5) is 11.2. The largest absolute Gasteiger partial charge is 0.465 e. The van der Waals surface area contributed by atoms with Crippen molar-refractivity contribution in [2.75, 3.05) is 0 Å². The number of benzene rings is 2. The Bertz CT molecular complexity index is 826. The number of halogens is 3. The summed E-state index contributed by atoms with van der Waals surface area (Å²) in [6, 6.07) is 10.4. The zero-order valence-electron chi connectivity index (χ0n) is 14.5. The summed E-state index contributed by atoms with van der Waals surface area (Å²) in [7, 11) is 0. The second-order valence-electron chi connectivity index (χ2n) is 7.36. The minimum atomic E-state index is -4.35. The van der Waals surface area contributed by atoms with Crippen LogP contribution < -0.4 is 5.32 Å². The van der Waals surface area contributed by atoms with Gasteiger partial charge in [0.15, 0.2) is 0 Å². The molecule has 0 saturated heterocycles. The van der Waals surface area contributed by atoms with Gasteiger partial charge in [-0.2, -0.15) is 13.2 Å². The first-order chi connectivity index (χ1) is 12.1. The van der Waals surface area contributed by atoms with E-state index in [1.54, 1.807) is 0 Å². The highest BCUT2D eigenvalue weighted by molar-refractivity contribution is 5.68. The van der Waals surface area contributed by atoms with Gasteiger partial charge in [0.25, 0.3) is 0 Å². The van der Waals surface area contributed by atoms with Crippen LogP contribution in [0.15, 0.2) is 42.5 Å². The van der Waals surface area contributed by atoms with Crippen LogP contribution in [-0.4, -0.2) is 11.2 Å². The van der Waals surface area contributed by atoms with Gasteiger partial charge in [-0.15, -0.1) is 0 Å². The van der Waals surface area contributed by atoms with Crippen molar-refractivity contribution in [3.8, 4) is 11.1 Å². The minimum absolute atomic E-state index is 0.207. The number of carboxylic acid groups (broad SMARTS) is 1. The van der Waals surface area contributed by atoms with Crippen molar-refractivity contribution in [1.29, 1.82) is 0 Å². The van der Waals surface area contributed by atoms with Gasteiger partial charge in [0, 0.05) is 0 Å². The van der Waals surface area contributed by atoms with E-state index in [2.05, 4.69) is 5.32 Å². The molecule has 1 atom stereocenters. The van der Waals surface area contributed by atoms with Crippen molar-refractivity contribution in [3.05, 3.63) is 59.2 Å². The number of nitrogens with one attached hydrogen (secondary N) is 1. The molecular weight excluding hydrogens is 343 g/mol. The maximum atomic E-state index is 12.7. The Morgan fingerprint density at radius 3 is 2.31 bits per heavy atom. The lowest BCUT2D eigenvalue weighted by atomic mass is 9.70. The molecule has 2 aromatic carbocycles. The molecule has 26 heavy (non-hydrogen) atoms. The number of alkyl halides is 3. The van der Waals surface area contributed by atoms with E-state index in [0.717, 1.165) is 41.7 Å². The fourth-order valence-corrected chi connectivity index (χ4v) is 3.55. The predicted molar refractivity (Wildman–Crippen MR) is 92.9 cm³/mol. The lowest BCUT2D eigenvalue weighted by molar-refractivity contribution is -0.137. The molecule has 0 heterocycles. The minimum Gasteiger partial charge on any atom is -0.465 e. The number of carbonyl (C=O) groups is 1. The Balaban J connectivity index is 1.95. The van der Waals surface area contributed by atoms with E-state index in [1.807, 2.05) is 32.0 Å². The van der Waals surface area contributed by atoms with Crippen molar-refractivity contribution in [1.82, 2.24) is 5.32 Å². The van der Waals surface area contributed by atoms with E-state index in [-0.39, 0.29) is 11.5 Å². The number of rotatable bonds is 2. The number of fused-ring (bicyclic) bond motifs is 1. The third kappa shape index (κ3) is 3.54. The van der Waals surface area contributed by atoms with Crippen LogP contribution in [0.25, 0.3) is 11.1 Å². The number of amides is 1. The molecule has 1 unspecified atom stereocenters. The molecule has 0 saturated carbocycles. The molecule has 0 aliphatic heterocycles. The highest BCUT2D eigenvalue weighted by Gasteiger charge is 2.37. The quantitative estimate of drug-likeness (QED) is 0.724. The summed E-state index contributed by atoms with van der Waals surface area (Å²) in [5.41, 5.74) is 2.60. The lowest BCUT2D eigenvalue weighted by Gasteiger charge is -2.40. The lowest BCUT2D eigenvalue weighted by Crippen LogP contribution is -2.40. The molecule has 0 aromatic heterocycles. The maximum absolute atomic E-state index is 12.7. The van der Waals surface area contributed by atoms with Crippen LogP contribution in [0.4, 0.5) is 18.0 Å². The van der Waals surface area contributed by atoms with Gasteiger partial charge >= 0.3 is 12.3 Å². The van der Waals surface area contributed by atoms with Crippen molar-refractivity contribution in [2.24, 2.45) is 5.41 Å². The monoisotopic (exact) mass is 363 g/mol. The first-order valence-electron chi connectivity index (χ1n) is 8.38. The Labute approximate surface area is 149 Å².